The van der Waals surface area contributed by atoms with E-state index in [0.717, 1.165) is 24.2 Å². The third kappa shape index (κ3) is 1.66. The Bertz CT molecular complexity index is 500. The first-order valence-electron chi connectivity index (χ1n) is 6.38. The van der Waals surface area contributed by atoms with E-state index in [4.69, 9.17) is 11.1 Å². The van der Waals surface area contributed by atoms with Gasteiger partial charge in [0.05, 0.1) is 29.7 Å². The van der Waals surface area contributed by atoms with Crippen molar-refractivity contribution >= 4 is 11.7 Å². The summed E-state index contributed by atoms with van der Waals surface area (Å²) in [5.41, 5.74) is 6.62. The monoisotopic (exact) mass is 241 g/mol. The lowest BCUT2D eigenvalue weighted by Crippen LogP contribution is -2.46. The molecule has 3 rings (SSSR count). The van der Waals surface area contributed by atoms with Crippen molar-refractivity contribution in [2.75, 3.05) is 4.90 Å². The van der Waals surface area contributed by atoms with E-state index in [9.17, 15) is 0 Å². The van der Waals surface area contributed by atoms with Crippen LogP contribution < -0.4 is 10.6 Å². The van der Waals surface area contributed by atoms with E-state index in [1.54, 1.807) is 0 Å². The SMILES string of the molecule is N=C(N)CC1(N2C=[C+]c3cccnc32)CCCC1. The van der Waals surface area contributed by atoms with E-state index in [0.29, 0.717) is 6.42 Å². The lowest BCUT2D eigenvalue weighted by Gasteiger charge is -2.34. The van der Waals surface area contributed by atoms with Crippen LogP contribution in [0, 0.1) is 11.5 Å². The molecule has 0 saturated heterocycles. The molecule has 0 amide bonds. The van der Waals surface area contributed by atoms with Gasteiger partial charge in [0.2, 0.25) is 5.56 Å². The van der Waals surface area contributed by atoms with E-state index in [-0.39, 0.29) is 11.4 Å². The minimum absolute atomic E-state index is 0.0571. The molecular weight excluding hydrogens is 224 g/mol. The summed E-state index contributed by atoms with van der Waals surface area (Å²) >= 11 is 0. The van der Waals surface area contributed by atoms with E-state index in [1.807, 2.05) is 24.5 Å². The van der Waals surface area contributed by atoms with Crippen molar-refractivity contribution in [2.45, 2.75) is 37.6 Å². The van der Waals surface area contributed by atoms with Gasteiger partial charge in [0.15, 0.2) is 0 Å². The highest BCUT2D eigenvalue weighted by atomic mass is 15.3. The van der Waals surface area contributed by atoms with Crippen LogP contribution in [0.1, 0.15) is 37.7 Å². The summed E-state index contributed by atoms with van der Waals surface area (Å²) in [7, 11) is 0. The fourth-order valence-electron chi connectivity index (χ4n) is 3.15. The molecule has 0 atom stereocenters. The van der Waals surface area contributed by atoms with Crippen LogP contribution in [-0.2, 0) is 0 Å². The van der Waals surface area contributed by atoms with Crippen molar-refractivity contribution in [1.82, 2.24) is 4.98 Å². The number of pyridine rings is 1. The Morgan fingerprint density at radius 1 is 1.50 bits per heavy atom. The predicted octanol–water partition coefficient (Wildman–Crippen LogP) is 2.21. The number of anilines is 1. The molecule has 92 valence electrons. The molecule has 3 N–H and O–H groups in total. The van der Waals surface area contributed by atoms with Crippen LogP contribution in [0.3, 0.4) is 0 Å². The third-order valence-electron chi connectivity index (χ3n) is 3.93. The van der Waals surface area contributed by atoms with E-state index in [2.05, 4.69) is 16.0 Å². The Kier molecular flexibility index (Phi) is 2.53. The van der Waals surface area contributed by atoms with Crippen LogP contribution in [0.15, 0.2) is 24.5 Å². The number of hydrogen-bond donors (Lipinski definition) is 2. The molecule has 2 heterocycles. The lowest BCUT2D eigenvalue weighted by molar-refractivity contribution is 0.439. The molecule has 0 spiro atoms. The highest BCUT2D eigenvalue weighted by molar-refractivity contribution is 5.79. The fraction of sp³-hybridized carbons (Fsp3) is 0.429. The Morgan fingerprint density at radius 3 is 3.00 bits per heavy atom. The van der Waals surface area contributed by atoms with Crippen molar-refractivity contribution < 1.29 is 0 Å². The standard InChI is InChI=1S/C14H17N4/c15-12(16)10-14(6-1-2-7-14)18-9-5-11-4-3-8-17-13(11)18/h3-4,8-9H,1-2,6-7,10H2,(H3,15,16)/q+1. The highest BCUT2D eigenvalue weighted by Gasteiger charge is 2.45. The summed E-state index contributed by atoms with van der Waals surface area (Å²) < 4.78 is 0. The van der Waals surface area contributed by atoms with Crippen molar-refractivity contribution in [3.05, 3.63) is 36.2 Å². The Morgan fingerprint density at radius 2 is 2.28 bits per heavy atom. The van der Waals surface area contributed by atoms with Gasteiger partial charge < -0.3 is 5.73 Å². The average molecular weight is 241 g/mol. The van der Waals surface area contributed by atoms with Crippen LogP contribution in [0.4, 0.5) is 5.82 Å². The first-order valence-corrected chi connectivity index (χ1v) is 6.38. The first-order chi connectivity index (χ1) is 8.71. The predicted molar refractivity (Wildman–Crippen MR) is 71.4 cm³/mol. The van der Waals surface area contributed by atoms with Gasteiger partial charge in [-0.15, -0.1) is 0 Å². The second kappa shape index (κ2) is 4.07. The molecule has 1 aliphatic carbocycles. The third-order valence-corrected chi connectivity index (χ3v) is 3.93. The first kappa shape index (κ1) is 11.2. The number of rotatable bonds is 3. The molecule has 0 radical (unpaired) electrons. The van der Waals surface area contributed by atoms with Gasteiger partial charge >= 0.3 is 0 Å². The average Bonchev–Trinajstić information content (AvgIpc) is 2.94. The maximum Gasteiger partial charge on any atom is 0.256 e. The van der Waals surface area contributed by atoms with Crippen molar-refractivity contribution in [3.63, 3.8) is 0 Å². The van der Waals surface area contributed by atoms with E-state index < -0.39 is 0 Å². The molecule has 4 nitrogen and oxygen atoms in total. The number of aromatic nitrogens is 1. The quantitative estimate of drug-likeness (QED) is 0.484. The van der Waals surface area contributed by atoms with Gasteiger partial charge in [0, 0.05) is 12.5 Å². The molecule has 1 saturated carbocycles. The zero-order valence-corrected chi connectivity index (χ0v) is 10.3. The number of amidine groups is 1. The number of nitrogens with two attached hydrogens (primary N) is 1. The molecule has 1 fully saturated rings. The van der Waals surface area contributed by atoms with Gasteiger partial charge in [-0.3, -0.25) is 10.3 Å². The zero-order valence-electron chi connectivity index (χ0n) is 10.3. The smallest absolute Gasteiger partial charge is 0.256 e. The largest absolute Gasteiger partial charge is 0.388 e. The number of hydrogen-bond acceptors (Lipinski definition) is 3. The fourth-order valence-corrected chi connectivity index (χ4v) is 3.15. The Labute approximate surface area is 107 Å². The van der Waals surface area contributed by atoms with Gasteiger partial charge in [-0.05, 0) is 12.8 Å². The van der Waals surface area contributed by atoms with Gasteiger partial charge in [-0.25, -0.2) is 0 Å². The van der Waals surface area contributed by atoms with Gasteiger partial charge in [0.1, 0.15) is 6.20 Å². The maximum atomic E-state index is 7.63. The molecule has 4 heteroatoms. The highest BCUT2D eigenvalue weighted by Crippen LogP contribution is 2.43. The summed E-state index contributed by atoms with van der Waals surface area (Å²) in [6.07, 6.45) is 12.2. The van der Waals surface area contributed by atoms with Crippen LogP contribution >= 0.6 is 0 Å². The summed E-state index contributed by atoms with van der Waals surface area (Å²) in [4.78, 5) is 6.65. The van der Waals surface area contributed by atoms with E-state index >= 15 is 0 Å². The molecule has 2 aliphatic rings. The Balaban J connectivity index is 1.98. The van der Waals surface area contributed by atoms with Crippen LogP contribution in [0.2, 0.25) is 0 Å². The normalized spacial score (nSPS) is 19.7. The summed E-state index contributed by atoms with van der Waals surface area (Å²) in [6.45, 7) is 0. The molecule has 0 bridgehead atoms. The molecule has 18 heavy (non-hydrogen) atoms. The van der Waals surface area contributed by atoms with Gasteiger partial charge in [0.25, 0.3) is 5.82 Å². The number of nitrogens with zero attached hydrogens (tertiary/aromatic N) is 2. The van der Waals surface area contributed by atoms with E-state index in [1.165, 1.54) is 12.8 Å². The second-order valence-corrected chi connectivity index (χ2v) is 5.15. The van der Waals surface area contributed by atoms with Crippen molar-refractivity contribution in [2.24, 2.45) is 5.73 Å². The van der Waals surface area contributed by atoms with Gasteiger partial charge in [-0.2, -0.15) is 4.98 Å². The lowest BCUT2D eigenvalue weighted by atomic mass is 9.90. The molecular formula is C14H17N4+. The minimum atomic E-state index is -0.0571. The van der Waals surface area contributed by atoms with Crippen molar-refractivity contribution in [3.8, 4) is 0 Å². The molecule has 1 aliphatic heterocycles. The maximum absolute atomic E-state index is 7.63. The molecule has 0 aromatic carbocycles. The topological polar surface area (TPSA) is 66.0 Å². The van der Waals surface area contributed by atoms with Gasteiger partial charge in [-0.1, -0.05) is 12.8 Å². The number of fused-ring (bicyclic) bond motifs is 1. The molecule has 0 unspecified atom stereocenters. The van der Waals surface area contributed by atoms with Crippen LogP contribution in [0.25, 0.3) is 0 Å². The molecule has 1 aromatic rings. The van der Waals surface area contributed by atoms with Crippen LogP contribution in [0.5, 0.6) is 0 Å². The van der Waals surface area contributed by atoms with Crippen molar-refractivity contribution in [1.29, 1.82) is 5.41 Å². The zero-order chi connectivity index (χ0) is 12.6. The minimum Gasteiger partial charge on any atom is -0.388 e. The number of nitrogens with one attached hydrogen (secondary N) is 1. The summed E-state index contributed by atoms with van der Waals surface area (Å²) in [5.74, 6) is 1.22. The second-order valence-electron chi connectivity index (χ2n) is 5.15. The Hall–Kier alpha value is -1.93. The van der Waals surface area contributed by atoms with Crippen LogP contribution in [-0.4, -0.2) is 16.4 Å². The molecule has 1 aromatic heterocycles. The summed E-state index contributed by atoms with van der Waals surface area (Å²) in [6, 6.07) is 3.95. The summed E-state index contributed by atoms with van der Waals surface area (Å²) in [5, 5.41) is 7.63.